The summed E-state index contributed by atoms with van der Waals surface area (Å²) in [6, 6.07) is 3.68. The van der Waals surface area contributed by atoms with Crippen LogP contribution >= 0.6 is 0 Å². The highest BCUT2D eigenvalue weighted by molar-refractivity contribution is 5.68. The molecule has 0 aliphatic carbocycles. The smallest absolute Gasteiger partial charge is 0.305 e. The zero-order chi connectivity index (χ0) is 11.3. The van der Waals surface area contributed by atoms with E-state index in [9.17, 15) is 4.79 Å². The van der Waals surface area contributed by atoms with E-state index in [1.54, 1.807) is 12.4 Å². The molecule has 1 atom stereocenters. The van der Waals surface area contributed by atoms with Gasteiger partial charge in [0, 0.05) is 12.4 Å². The third-order valence-corrected chi connectivity index (χ3v) is 2.39. The first kappa shape index (κ1) is 11.7. The Balaban J connectivity index is 2.95. The second kappa shape index (κ2) is 4.89. The van der Waals surface area contributed by atoms with E-state index < -0.39 is 11.5 Å². The van der Waals surface area contributed by atoms with Crippen molar-refractivity contribution in [3.05, 3.63) is 30.1 Å². The van der Waals surface area contributed by atoms with Crippen molar-refractivity contribution in [2.24, 2.45) is 0 Å². The van der Waals surface area contributed by atoms with Gasteiger partial charge in [-0.05, 0) is 31.2 Å². The number of hydrogen-bond acceptors (Lipinski definition) is 3. The van der Waals surface area contributed by atoms with Gasteiger partial charge in [-0.1, -0.05) is 6.92 Å². The molecule has 0 aliphatic heterocycles. The molecule has 4 heteroatoms. The number of rotatable bonds is 5. The third-order valence-electron chi connectivity index (χ3n) is 2.39. The highest BCUT2D eigenvalue weighted by Crippen LogP contribution is 2.23. The van der Waals surface area contributed by atoms with E-state index in [0.29, 0.717) is 0 Å². The topological polar surface area (TPSA) is 62.2 Å². The first-order valence-electron chi connectivity index (χ1n) is 4.96. The van der Waals surface area contributed by atoms with Gasteiger partial charge in [0.25, 0.3) is 0 Å². The van der Waals surface area contributed by atoms with E-state index in [1.165, 1.54) is 0 Å². The Labute approximate surface area is 89.3 Å². The number of hydrogen-bond donors (Lipinski definition) is 2. The number of nitrogens with one attached hydrogen (secondary N) is 1. The van der Waals surface area contributed by atoms with Crippen LogP contribution in [0.3, 0.4) is 0 Å². The SMILES string of the molecule is CCNC(C)(CC(=O)O)c1ccncc1. The van der Waals surface area contributed by atoms with Gasteiger partial charge in [0.2, 0.25) is 0 Å². The lowest BCUT2D eigenvalue weighted by molar-refractivity contribution is -0.138. The standard InChI is InChI=1S/C11H16N2O2/c1-3-13-11(2,8-10(14)15)9-4-6-12-7-5-9/h4-7,13H,3,8H2,1-2H3,(H,14,15). The van der Waals surface area contributed by atoms with Crippen molar-refractivity contribution in [1.82, 2.24) is 10.3 Å². The average molecular weight is 208 g/mol. The number of carboxylic acid groups (broad SMARTS) is 1. The zero-order valence-electron chi connectivity index (χ0n) is 9.03. The fourth-order valence-corrected chi connectivity index (χ4v) is 1.68. The van der Waals surface area contributed by atoms with Gasteiger partial charge in [-0.15, -0.1) is 0 Å². The Morgan fingerprint density at radius 1 is 1.53 bits per heavy atom. The van der Waals surface area contributed by atoms with E-state index in [4.69, 9.17) is 5.11 Å². The van der Waals surface area contributed by atoms with Crippen LogP contribution in [0, 0.1) is 0 Å². The van der Waals surface area contributed by atoms with Gasteiger partial charge in [0.15, 0.2) is 0 Å². The van der Waals surface area contributed by atoms with Gasteiger partial charge < -0.3 is 10.4 Å². The summed E-state index contributed by atoms with van der Waals surface area (Å²) in [4.78, 5) is 14.7. The lowest BCUT2D eigenvalue weighted by atomic mass is 9.89. The van der Waals surface area contributed by atoms with E-state index in [0.717, 1.165) is 12.1 Å². The first-order chi connectivity index (χ1) is 7.08. The summed E-state index contributed by atoms with van der Waals surface area (Å²) in [6.45, 7) is 4.58. The maximum Gasteiger partial charge on any atom is 0.305 e. The number of aromatic nitrogens is 1. The number of aliphatic carboxylic acids is 1. The fraction of sp³-hybridized carbons (Fsp3) is 0.455. The van der Waals surface area contributed by atoms with Gasteiger partial charge in [0.05, 0.1) is 12.0 Å². The van der Waals surface area contributed by atoms with Crippen LogP contribution in [0.2, 0.25) is 0 Å². The quantitative estimate of drug-likeness (QED) is 0.767. The van der Waals surface area contributed by atoms with Crippen LogP contribution in [0.15, 0.2) is 24.5 Å². The highest BCUT2D eigenvalue weighted by Gasteiger charge is 2.28. The molecule has 4 nitrogen and oxygen atoms in total. The lowest BCUT2D eigenvalue weighted by Crippen LogP contribution is -2.41. The van der Waals surface area contributed by atoms with Crippen LogP contribution in [-0.4, -0.2) is 22.6 Å². The number of carboxylic acids is 1. The van der Waals surface area contributed by atoms with Crippen molar-refractivity contribution in [3.8, 4) is 0 Å². The molecule has 0 saturated carbocycles. The molecule has 0 aromatic carbocycles. The van der Waals surface area contributed by atoms with Crippen molar-refractivity contribution >= 4 is 5.97 Å². The van der Waals surface area contributed by atoms with Crippen molar-refractivity contribution in [1.29, 1.82) is 0 Å². The summed E-state index contributed by atoms with van der Waals surface area (Å²) < 4.78 is 0. The molecule has 0 aliphatic rings. The predicted molar refractivity (Wildman–Crippen MR) is 57.5 cm³/mol. The predicted octanol–water partition coefficient (Wildman–Crippen LogP) is 1.38. The van der Waals surface area contributed by atoms with Crippen LogP contribution < -0.4 is 5.32 Å². The number of carbonyl (C=O) groups is 1. The number of nitrogens with zero attached hydrogens (tertiary/aromatic N) is 1. The van der Waals surface area contributed by atoms with Crippen molar-refractivity contribution < 1.29 is 9.90 Å². The Bertz CT molecular complexity index is 327. The highest BCUT2D eigenvalue weighted by atomic mass is 16.4. The Kier molecular flexibility index (Phi) is 3.80. The molecule has 0 amide bonds. The van der Waals surface area contributed by atoms with Crippen LogP contribution in [0.25, 0.3) is 0 Å². The summed E-state index contributed by atoms with van der Waals surface area (Å²) in [5.74, 6) is -0.810. The Hall–Kier alpha value is -1.42. The minimum Gasteiger partial charge on any atom is -0.481 e. The lowest BCUT2D eigenvalue weighted by Gasteiger charge is -2.29. The third kappa shape index (κ3) is 3.02. The molecular weight excluding hydrogens is 192 g/mol. The molecule has 1 unspecified atom stereocenters. The zero-order valence-corrected chi connectivity index (χ0v) is 9.03. The summed E-state index contributed by atoms with van der Waals surface area (Å²) >= 11 is 0. The molecule has 2 N–H and O–H groups in total. The largest absolute Gasteiger partial charge is 0.481 e. The van der Waals surface area contributed by atoms with Crippen LogP contribution in [0.1, 0.15) is 25.8 Å². The Morgan fingerprint density at radius 3 is 2.60 bits per heavy atom. The molecule has 1 heterocycles. The van der Waals surface area contributed by atoms with Crippen LogP contribution in [-0.2, 0) is 10.3 Å². The Morgan fingerprint density at radius 2 is 2.13 bits per heavy atom. The van der Waals surface area contributed by atoms with Crippen molar-refractivity contribution in [3.63, 3.8) is 0 Å². The summed E-state index contributed by atoms with van der Waals surface area (Å²) in [7, 11) is 0. The van der Waals surface area contributed by atoms with Crippen LogP contribution in [0.4, 0.5) is 0 Å². The van der Waals surface area contributed by atoms with Gasteiger partial charge in [0.1, 0.15) is 0 Å². The number of pyridine rings is 1. The second-order valence-electron chi connectivity index (χ2n) is 3.67. The van der Waals surface area contributed by atoms with Crippen molar-refractivity contribution in [2.45, 2.75) is 25.8 Å². The summed E-state index contributed by atoms with van der Waals surface area (Å²) in [5, 5.41) is 12.1. The summed E-state index contributed by atoms with van der Waals surface area (Å²) in [6.07, 6.45) is 3.41. The molecule has 0 fully saturated rings. The van der Waals surface area contributed by atoms with E-state index in [2.05, 4.69) is 10.3 Å². The molecule has 15 heavy (non-hydrogen) atoms. The minimum atomic E-state index is -0.810. The van der Waals surface area contributed by atoms with E-state index in [-0.39, 0.29) is 6.42 Å². The molecule has 0 radical (unpaired) electrons. The summed E-state index contributed by atoms with van der Waals surface area (Å²) in [5.41, 5.74) is 0.422. The average Bonchev–Trinajstić information content (AvgIpc) is 2.18. The molecule has 82 valence electrons. The monoisotopic (exact) mass is 208 g/mol. The molecule has 1 aromatic rings. The molecular formula is C11H16N2O2. The van der Waals surface area contributed by atoms with Gasteiger partial charge >= 0.3 is 5.97 Å². The van der Waals surface area contributed by atoms with E-state index >= 15 is 0 Å². The van der Waals surface area contributed by atoms with Gasteiger partial charge in [-0.3, -0.25) is 9.78 Å². The fourth-order valence-electron chi connectivity index (χ4n) is 1.68. The molecule has 0 bridgehead atoms. The maximum absolute atomic E-state index is 10.8. The molecule has 0 saturated heterocycles. The van der Waals surface area contributed by atoms with Crippen LogP contribution in [0.5, 0.6) is 0 Å². The first-order valence-corrected chi connectivity index (χ1v) is 4.96. The molecule has 1 rings (SSSR count). The molecule has 1 aromatic heterocycles. The van der Waals surface area contributed by atoms with Crippen molar-refractivity contribution in [2.75, 3.05) is 6.54 Å². The van der Waals surface area contributed by atoms with Gasteiger partial charge in [-0.25, -0.2) is 0 Å². The van der Waals surface area contributed by atoms with E-state index in [1.807, 2.05) is 26.0 Å². The van der Waals surface area contributed by atoms with Gasteiger partial charge in [-0.2, -0.15) is 0 Å². The minimum absolute atomic E-state index is 0.0604. The molecule has 0 spiro atoms. The normalized spacial score (nSPS) is 14.5. The maximum atomic E-state index is 10.8. The second-order valence-corrected chi connectivity index (χ2v) is 3.67.